The number of rotatable bonds is 1. The average molecular weight is 218 g/mol. The van der Waals surface area contributed by atoms with E-state index in [1.807, 2.05) is 12.3 Å². The van der Waals surface area contributed by atoms with Crippen LogP contribution in [0.25, 0.3) is 11.3 Å². The lowest BCUT2D eigenvalue weighted by Gasteiger charge is -2.18. The van der Waals surface area contributed by atoms with Gasteiger partial charge in [-0.1, -0.05) is 20.8 Å². The maximum absolute atomic E-state index is 11.0. The summed E-state index contributed by atoms with van der Waals surface area (Å²) in [6.45, 7) is 6.34. The standard InChI is InChI=1S/C12H14N2O2/c1-12(2,3)9-4-8(6-13-7-9)10-5-11(15)14-16-10/h4-7H,1-3H3,(H,14,15). The molecule has 2 aromatic heterocycles. The van der Waals surface area contributed by atoms with E-state index in [0.717, 1.165) is 11.1 Å². The number of H-pyrrole nitrogens is 1. The van der Waals surface area contributed by atoms with E-state index in [-0.39, 0.29) is 11.0 Å². The zero-order chi connectivity index (χ0) is 11.8. The van der Waals surface area contributed by atoms with Crippen LogP contribution in [0.15, 0.2) is 33.8 Å². The van der Waals surface area contributed by atoms with Crippen molar-refractivity contribution in [1.29, 1.82) is 0 Å². The summed E-state index contributed by atoms with van der Waals surface area (Å²) in [4.78, 5) is 15.1. The van der Waals surface area contributed by atoms with Gasteiger partial charge < -0.3 is 4.52 Å². The first-order valence-electron chi connectivity index (χ1n) is 5.11. The van der Waals surface area contributed by atoms with Crippen LogP contribution in [0.5, 0.6) is 0 Å². The quantitative estimate of drug-likeness (QED) is 0.799. The summed E-state index contributed by atoms with van der Waals surface area (Å²) in [5, 5.41) is 2.27. The van der Waals surface area contributed by atoms with E-state index in [1.165, 1.54) is 6.07 Å². The van der Waals surface area contributed by atoms with Crippen molar-refractivity contribution >= 4 is 0 Å². The van der Waals surface area contributed by atoms with E-state index in [2.05, 4.69) is 30.9 Å². The van der Waals surface area contributed by atoms with Crippen molar-refractivity contribution in [3.05, 3.63) is 40.4 Å². The van der Waals surface area contributed by atoms with Crippen LogP contribution < -0.4 is 5.56 Å². The molecule has 0 amide bonds. The summed E-state index contributed by atoms with van der Waals surface area (Å²) in [5.41, 5.74) is 1.70. The van der Waals surface area contributed by atoms with Crippen molar-refractivity contribution < 1.29 is 4.52 Å². The molecule has 0 saturated heterocycles. The molecular formula is C12H14N2O2. The Morgan fingerprint density at radius 1 is 1.25 bits per heavy atom. The van der Waals surface area contributed by atoms with E-state index in [0.29, 0.717) is 5.76 Å². The van der Waals surface area contributed by atoms with Crippen molar-refractivity contribution in [1.82, 2.24) is 10.1 Å². The fraction of sp³-hybridized carbons (Fsp3) is 0.333. The molecule has 2 heterocycles. The van der Waals surface area contributed by atoms with Gasteiger partial charge in [-0.25, -0.2) is 0 Å². The van der Waals surface area contributed by atoms with Crippen LogP contribution in [0.1, 0.15) is 26.3 Å². The Balaban J connectivity index is 2.48. The lowest BCUT2D eigenvalue weighted by atomic mass is 9.87. The summed E-state index contributed by atoms with van der Waals surface area (Å²) >= 11 is 0. The molecule has 2 aromatic rings. The molecular weight excluding hydrogens is 204 g/mol. The zero-order valence-electron chi connectivity index (χ0n) is 9.57. The van der Waals surface area contributed by atoms with Gasteiger partial charge in [0.15, 0.2) is 5.76 Å². The molecule has 4 nitrogen and oxygen atoms in total. The molecule has 0 saturated carbocycles. The molecule has 0 bridgehead atoms. The van der Waals surface area contributed by atoms with E-state index in [1.54, 1.807) is 6.20 Å². The highest BCUT2D eigenvalue weighted by Crippen LogP contribution is 2.25. The Hall–Kier alpha value is -1.84. The molecule has 0 aliphatic heterocycles. The van der Waals surface area contributed by atoms with E-state index in [9.17, 15) is 4.79 Å². The SMILES string of the molecule is CC(C)(C)c1cncc(-c2cc(=O)[nH]o2)c1. The molecule has 0 aromatic carbocycles. The second-order valence-electron chi connectivity index (χ2n) is 4.79. The van der Waals surface area contributed by atoms with Crippen molar-refractivity contribution in [2.75, 3.05) is 0 Å². The van der Waals surface area contributed by atoms with Gasteiger partial charge in [-0.2, -0.15) is 5.16 Å². The topological polar surface area (TPSA) is 58.9 Å². The van der Waals surface area contributed by atoms with Gasteiger partial charge in [0.25, 0.3) is 5.56 Å². The fourth-order valence-electron chi connectivity index (χ4n) is 1.41. The van der Waals surface area contributed by atoms with Crippen LogP contribution >= 0.6 is 0 Å². The predicted octanol–water partition coefficient (Wildman–Crippen LogP) is 2.33. The number of pyridine rings is 1. The van der Waals surface area contributed by atoms with Gasteiger partial charge in [0.05, 0.1) is 6.07 Å². The summed E-state index contributed by atoms with van der Waals surface area (Å²) < 4.78 is 5.04. The lowest BCUT2D eigenvalue weighted by Crippen LogP contribution is -2.11. The number of hydrogen-bond acceptors (Lipinski definition) is 3. The van der Waals surface area contributed by atoms with Crippen molar-refractivity contribution in [2.45, 2.75) is 26.2 Å². The Bertz CT molecular complexity index is 546. The Morgan fingerprint density at radius 3 is 2.56 bits per heavy atom. The summed E-state index contributed by atoms with van der Waals surface area (Å²) in [7, 11) is 0. The fourth-order valence-corrected chi connectivity index (χ4v) is 1.41. The minimum Gasteiger partial charge on any atom is -0.378 e. The molecule has 0 aliphatic carbocycles. The highest BCUT2D eigenvalue weighted by atomic mass is 16.5. The largest absolute Gasteiger partial charge is 0.378 e. The van der Waals surface area contributed by atoms with Crippen LogP contribution in [-0.4, -0.2) is 10.1 Å². The van der Waals surface area contributed by atoms with E-state index in [4.69, 9.17) is 4.52 Å². The molecule has 0 radical (unpaired) electrons. The molecule has 0 spiro atoms. The molecule has 0 aliphatic rings. The molecule has 1 N–H and O–H groups in total. The third-order valence-corrected chi connectivity index (χ3v) is 2.41. The van der Waals surface area contributed by atoms with Gasteiger partial charge in [0.1, 0.15) is 0 Å². The number of nitrogens with one attached hydrogen (secondary N) is 1. The number of aromatic amines is 1. The van der Waals surface area contributed by atoms with Gasteiger partial charge in [0.2, 0.25) is 0 Å². The zero-order valence-corrected chi connectivity index (χ0v) is 9.57. The molecule has 0 atom stereocenters. The number of aromatic nitrogens is 2. The summed E-state index contributed by atoms with van der Waals surface area (Å²) in [6, 6.07) is 3.41. The van der Waals surface area contributed by atoms with Gasteiger partial charge in [-0.3, -0.25) is 9.78 Å². The van der Waals surface area contributed by atoms with Crippen molar-refractivity contribution in [3.63, 3.8) is 0 Å². The Kier molecular flexibility index (Phi) is 2.42. The number of hydrogen-bond donors (Lipinski definition) is 1. The first-order chi connectivity index (χ1) is 7.47. The molecule has 16 heavy (non-hydrogen) atoms. The van der Waals surface area contributed by atoms with E-state index >= 15 is 0 Å². The first kappa shape index (κ1) is 10.7. The molecule has 0 unspecified atom stereocenters. The van der Waals surface area contributed by atoms with Crippen molar-refractivity contribution in [3.8, 4) is 11.3 Å². The smallest absolute Gasteiger partial charge is 0.280 e. The first-order valence-corrected chi connectivity index (χ1v) is 5.11. The maximum Gasteiger partial charge on any atom is 0.280 e. The normalized spacial score (nSPS) is 11.7. The van der Waals surface area contributed by atoms with Crippen molar-refractivity contribution in [2.24, 2.45) is 0 Å². The second-order valence-corrected chi connectivity index (χ2v) is 4.79. The minimum atomic E-state index is -0.240. The summed E-state index contributed by atoms with van der Waals surface area (Å²) in [6.07, 6.45) is 3.51. The van der Waals surface area contributed by atoms with Gasteiger partial charge in [-0.15, -0.1) is 0 Å². The Labute approximate surface area is 93.3 Å². The van der Waals surface area contributed by atoms with Crippen LogP contribution in [-0.2, 0) is 5.41 Å². The molecule has 2 rings (SSSR count). The third-order valence-electron chi connectivity index (χ3n) is 2.41. The molecule has 84 valence electrons. The van der Waals surface area contributed by atoms with Crippen LogP contribution in [0.4, 0.5) is 0 Å². The van der Waals surface area contributed by atoms with Gasteiger partial charge in [0, 0.05) is 18.0 Å². The lowest BCUT2D eigenvalue weighted by molar-refractivity contribution is 0.425. The highest BCUT2D eigenvalue weighted by Gasteiger charge is 2.15. The average Bonchev–Trinajstić information content (AvgIpc) is 2.64. The Morgan fingerprint density at radius 2 is 2.00 bits per heavy atom. The minimum absolute atomic E-state index is 0.0274. The van der Waals surface area contributed by atoms with Gasteiger partial charge in [-0.05, 0) is 17.0 Å². The predicted molar refractivity (Wildman–Crippen MR) is 61.3 cm³/mol. The molecule has 4 heteroatoms. The van der Waals surface area contributed by atoms with Gasteiger partial charge >= 0.3 is 0 Å². The van der Waals surface area contributed by atoms with Crippen LogP contribution in [0.2, 0.25) is 0 Å². The number of nitrogens with zero attached hydrogens (tertiary/aromatic N) is 1. The van der Waals surface area contributed by atoms with Crippen LogP contribution in [0, 0.1) is 0 Å². The van der Waals surface area contributed by atoms with E-state index < -0.39 is 0 Å². The highest BCUT2D eigenvalue weighted by molar-refractivity contribution is 5.56. The second kappa shape index (κ2) is 3.63. The third kappa shape index (κ3) is 2.05. The maximum atomic E-state index is 11.0. The monoisotopic (exact) mass is 218 g/mol. The van der Waals surface area contributed by atoms with Crippen LogP contribution in [0.3, 0.4) is 0 Å². The molecule has 0 fully saturated rings. The summed E-state index contributed by atoms with van der Waals surface area (Å²) in [5.74, 6) is 0.517.